The van der Waals surface area contributed by atoms with Crippen molar-refractivity contribution in [3.63, 3.8) is 0 Å². The third-order valence-corrected chi connectivity index (χ3v) is 3.93. The molecule has 0 unspecified atom stereocenters. The number of carbonyl (C=O) groups is 1. The number of aromatic nitrogens is 1. The third-order valence-electron chi connectivity index (χ3n) is 2.78. The topological polar surface area (TPSA) is 105 Å². The van der Waals surface area contributed by atoms with Crippen LogP contribution >= 0.6 is 11.3 Å². The Labute approximate surface area is 124 Å². The van der Waals surface area contributed by atoms with E-state index in [2.05, 4.69) is 10.3 Å². The molecule has 0 saturated carbocycles. The highest BCUT2D eigenvalue weighted by molar-refractivity contribution is 7.11. The second-order valence-electron chi connectivity index (χ2n) is 4.22. The maximum atomic E-state index is 11.9. The number of nitro groups is 1. The second-order valence-corrected chi connectivity index (χ2v) is 5.42. The summed E-state index contributed by atoms with van der Waals surface area (Å²) in [6, 6.07) is 3.47. The van der Waals surface area contributed by atoms with E-state index in [0.717, 1.165) is 28.4 Å². The number of rotatable bonds is 5. The Bertz CT molecular complexity index is 684. The van der Waals surface area contributed by atoms with Crippen molar-refractivity contribution in [1.82, 2.24) is 10.3 Å². The SMILES string of the molecule is CCc1cnc(CNC(=O)c2ccc([N+](=O)[O-])c(O)c2)s1. The van der Waals surface area contributed by atoms with Gasteiger partial charge < -0.3 is 10.4 Å². The standard InChI is InChI=1S/C13H13N3O4S/c1-2-9-6-14-12(21-9)7-15-13(18)8-3-4-10(16(19)20)11(17)5-8/h3-6,17H,2,7H2,1H3,(H,15,18). The Morgan fingerprint density at radius 3 is 2.86 bits per heavy atom. The van der Waals surface area contributed by atoms with Gasteiger partial charge >= 0.3 is 5.69 Å². The number of phenols is 1. The average molecular weight is 307 g/mol. The van der Waals surface area contributed by atoms with Crippen LogP contribution in [-0.4, -0.2) is 20.9 Å². The summed E-state index contributed by atoms with van der Waals surface area (Å²) >= 11 is 1.52. The Morgan fingerprint density at radius 2 is 2.29 bits per heavy atom. The van der Waals surface area contributed by atoms with Crippen molar-refractivity contribution in [3.05, 3.63) is 50.0 Å². The van der Waals surface area contributed by atoms with E-state index in [9.17, 15) is 20.0 Å². The van der Waals surface area contributed by atoms with E-state index in [1.807, 2.05) is 6.92 Å². The second kappa shape index (κ2) is 6.31. The summed E-state index contributed by atoms with van der Waals surface area (Å²) in [5, 5.41) is 23.5. The van der Waals surface area contributed by atoms with Gasteiger partial charge in [0.2, 0.25) is 0 Å². The number of hydrogen-bond donors (Lipinski definition) is 2. The smallest absolute Gasteiger partial charge is 0.310 e. The molecular formula is C13H13N3O4S. The molecule has 0 bridgehead atoms. The molecule has 8 heteroatoms. The van der Waals surface area contributed by atoms with Crippen molar-refractivity contribution < 1.29 is 14.8 Å². The number of hydrogen-bond acceptors (Lipinski definition) is 6. The minimum absolute atomic E-state index is 0.158. The number of aryl methyl sites for hydroxylation is 1. The fourth-order valence-electron chi connectivity index (χ4n) is 1.67. The maximum absolute atomic E-state index is 11.9. The zero-order chi connectivity index (χ0) is 15.4. The molecule has 21 heavy (non-hydrogen) atoms. The Balaban J connectivity index is 2.03. The van der Waals surface area contributed by atoms with E-state index in [-0.39, 0.29) is 12.1 Å². The van der Waals surface area contributed by atoms with Gasteiger partial charge in [-0.25, -0.2) is 4.98 Å². The number of nitrogens with one attached hydrogen (secondary N) is 1. The summed E-state index contributed by atoms with van der Waals surface area (Å²) in [5.74, 6) is -0.955. The summed E-state index contributed by atoms with van der Waals surface area (Å²) in [6.07, 6.45) is 2.66. The van der Waals surface area contributed by atoms with Gasteiger partial charge in [-0.15, -0.1) is 11.3 Å². The summed E-state index contributed by atoms with van der Waals surface area (Å²) in [5.41, 5.74) is -0.274. The number of nitrogens with zero attached hydrogens (tertiary/aromatic N) is 2. The Hall–Kier alpha value is -2.48. The fourth-order valence-corrected chi connectivity index (χ4v) is 2.47. The van der Waals surface area contributed by atoms with Gasteiger partial charge in [0.25, 0.3) is 5.91 Å². The van der Waals surface area contributed by atoms with Crippen LogP contribution < -0.4 is 5.32 Å². The van der Waals surface area contributed by atoms with Crippen molar-refractivity contribution in [2.45, 2.75) is 19.9 Å². The van der Waals surface area contributed by atoms with Crippen LogP contribution in [0.5, 0.6) is 5.75 Å². The van der Waals surface area contributed by atoms with E-state index < -0.39 is 22.3 Å². The molecule has 2 aromatic rings. The van der Waals surface area contributed by atoms with Crippen molar-refractivity contribution in [3.8, 4) is 5.75 Å². The zero-order valence-corrected chi connectivity index (χ0v) is 12.0. The van der Waals surface area contributed by atoms with E-state index >= 15 is 0 Å². The first-order valence-corrected chi connectivity index (χ1v) is 7.02. The summed E-state index contributed by atoms with van der Waals surface area (Å²) < 4.78 is 0. The molecule has 0 saturated heterocycles. The van der Waals surface area contributed by atoms with Crippen LogP contribution in [0, 0.1) is 10.1 Å². The molecule has 0 fully saturated rings. The lowest BCUT2D eigenvalue weighted by Crippen LogP contribution is -2.22. The van der Waals surface area contributed by atoms with E-state index in [4.69, 9.17) is 0 Å². The van der Waals surface area contributed by atoms with Crippen molar-refractivity contribution in [1.29, 1.82) is 0 Å². The molecular weight excluding hydrogens is 294 g/mol. The zero-order valence-electron chi connectivity index (χ0n) is 11.2. The van der Waals surface area contributed by atoms with Gasteiger partial charge in [0.05, 0.1) is 11.5 Å². The lowest BCUT2D eigenvalue weighted by atomic mass is 10.2. The molecule has 0 atom stereocenters. The Kier molecular flexibility index (Phi) is 4.49. The molecule has 2 rings (SSSR count). The largest absolute Gasteiger partial charge is 0.502 e. The number of phenolic OH excluding ortho intramolecular Hbond substituents is 1. The Morgan fingerprint density at radius 1 is 1.52 bits per heavy atom. The molecule has 7 nitrogen and oxygen atoms in total. The molecule has 2 N–H and O–H groups in total. The summed E-state index contributed by atoms with van der Waals surface area (Å²) in [4.78, 5) is 27.1. The first-order valence-electron chi connectivity index (χ1n) is 6.20. The normalized spacial score (nSPS) is 10.3. The first-order chi connectivity index (χ1) is 10.0. The van der Waals surface area contributed by atoms with Gasteiger partial charge in [-0.05, 0) is 18.6 Å². The van der Waals surface area contributed by atoms with Gasteiger partial charge in [-0.1, -0.05) is 6.92 Å². The average Bonchev–Trinajstić information content (AvgIpc) is 2.92. The van der Waals surface area contributed by atoms with Gasteiger partial charge in [-0.2, -0.15) is 0 Å². The molecule has 0 aliphatic carbocycles. The quantitative estimate of drug-likeness (QED) is 0.651. The lowest BCUT2D eigenvalue weighted by Gasteiger charge is -2.04. The molecule has 0 aliphatic rings. The first kappa shape index (κ1) is 14.9. The molecule has 1 aromatic heterocycles. The van der Waals surface area contributed by atoms with Crippen LogP contribution in [0.4, 0.5) is 5.69 Å². The van der Waals surface area contributed by atoms with Crippen LogP contribution in [-0.2, 0) is 13.0 Å². The highest BCUT2D eigenvalue weighted by Crippen LogP contribution is 2.26. The van der Waals surface area contributed by atoms with Crippen molar-refractivity contribution in [2.75, 3.05) is 0 Å². The van der Waals surface area contributed by atoms with Crippen LogP contribution in [0.25, 0.3) is 0 Å². The molecule has 0 spiro atoms. The monoisotopic (exact) mass is 307 g/mol. The molecule has 0 radical (unpaired) electrons. The predicted molar refractivity (Wildman–Crippen MR) is 77.4 cm³/mol. The van der Waals surface area contributed by atoms with E-state index in [0.29, 0.717) is 0 Å². The highest BCUT2D eigenvalue weighted by atomic mass is 32.1. The highest BCUT2D eigenvalue weighted by Gasteiger charge is 2.16. The molecule has 0 aliphatic heterocycles. The molecule has 1 aromatic carbocycles. The van der Waals surface area contributed by atoms with E-state index in [1.54, 1.807) is 6.20 Å². The van der Waals surface area contributed by atoms with E-state index in [1.165, 1.54) is 17.4 Å². The fraction of sp³-hybridized carbons (Fsp3) is 0.231. The summed E-state index contributed by atoms with van der Waals surface area (Å²) in [7, 11) is 0. The van der Waals surface area contributed by atoms with Gasteiger partial charge in [0, 0.05) is 22.7 Å². The van der Waals surface area contributed by atoms with Crippen LogP contribution in [0.3, 0.4) is 0 Å². The van der Waals surface area contributed by atoms with Crippen LogP contribution in [0.1, 0.15) is 27.2 Å². The number of benzene rings is 1. The molecule has 110 valence electrons. The minimum Gasteiger partial charge on any atom is -0.502 e. The number of carbonyl (C=O) groups excluding carboxylic acids is 1. The molecule has 1 amide bonds. The molecule has 1 heterocycles. The number of amides is 1. The number of thiazole rings is 1. The van der Waals surface area contributed by atoms with Crippen LogP contribution in [0.15, 0.2) is 24.4 Å². The van der Waals surface area contributed by atoms with Crippen LogP contribution in [0.2, 0.25) is 0 Å². The van der Waals surface area contributed by atoms with Crippen molar-refractivity contribution in [2.24, 2.45) is 0 Å². The lowest BCUT2D eigenvalue weighted by molar-refractivity contribution is -0.385. The predicted octanol–water partition coefficient (Wildman–Crippen LogP) is 2.25. The summed E-state index contributed by atoms with van der Waals surface area (Å²) in [6.45, 7) is 2.30. The van der Waals surface area contributed by atoms with Crippen molar-refractivity contribution >= 4 is 22.9 Å². The maximum Gasteiger partial charge on any atom is 0.310 e. The minimum atomic E-state index is -0.709. The van der Waals surface area contributed by atoms with Gasteiger partial charge in [0.1, 0.15) is 5.01 Å². The van der Waals surface area contributed by atoms with Gasteiger partial charge in [0.15, 0.2) is 5.75 Å². The number of nitro benzene ring substituents is 1. The third kappa shape index (κ3) is 3.54. The number of aromatic hydroxyl groups is 1. The van der Waals surface area contributed by atoms with Gasteiger partial charge in [-0.3, -0.25) is 14.9 Å².